The number of nitrogens with zero attached hydrogens (tertiary/aromatic N) is 1. The molecule has 6 nitrogen and oxygen atoms in total. The minimum Gasteiger partial charge on any atom is -0.461 e. The van der Waals surface area contributed by atoms with E-state index in [0.29, 0.717) is 30.8 Å². The first-order chi connectivity index (χ1) is 14.5. The van der Waals surface area contributed by atoms with Gasteiger partial charge in [-0.15, -0.1) is 0 Å². The van der Waals surface area contributed by atoms with Crippen molar-refractivity contribution in [3.05, 3.63) is 77.0 Å². The number of anilines is 1. The smallest absolute Gasteiger partial charge is 0.254 e. The van der Waals surface area contributed by atoms with Crippen LogP contribution in [0.5, 0.6) is 0 Å². The fourth-order valence-corrected chi connectivity index (χ4v) is 3.57. The number of carbonyl (C=O) groups excluding carboxylic acids is 2. The third-order valence-corrected chi connectivity index (χ3v) is 5.18. The van der Waals surface area contributed by atoms with Crippen molar-refractivity contribution < 1.29 is 18.7 Å². The van der Waals surface area contributed by atoms with Crippen LogP contribution in [0.15, 0.2) is 59.0 Å². The van der Waals surface area contributed by atoms with Crippen molar-refractivity contribution >= 4 is 17.5 Å². The zero-order valence-corrected chi connectivity index (χ0v) is 17.1. The van der Waals surface area contributed by atoms with Crippen LogP contribution in [0.4, 0.5) is 5.69 Å². The Hall–Kier alpha value is -3.38. The molecule has 0 saturated carbocycles. The SMILES string of the molecule is COCC(=O)Nc1ccc(-c2cc3c(o2)CCN(C(=O)c2ccc(C)cc2)C3)cc1. The summed E-state index contributed by atoms with van der Waals surface area (Å²) in [5.74, 6) is 1.53. The third-order valence-electron chi connectivity index (χ3n) is 5.18. The van der Waals surface area contributed by atoms with Crippen molar-refractivity contribution in [2.45, 2.75) is 19.9 Å². The van der Waals surface area contributed by atoms with Crippen molar-refractivity contribution in [3.63, 3.8) is 0 Å². The van der Waals surface area contributed by atoms with Crippen molar-refractivity contribution in [2.75, 3.05) is 25.6 Å². The standard InChI is InChI=1S/C24H24N2O4/c1-16-3-5-18(6-4-16)24(28)26-12-11-21-19(14-26)13-22(30-21)17-7-9-20(10-8-17)25-23(27)15-29-2/h3-10,13H,11-12,14-15H2,1-2H3,(H,25,27). The Morgan fingerprint density at radius 2 is 1.83 bits per heavy atom. The van der Waals surface area contributed by atoms with Crippen molar-refractivity contribution in [2.24, 2.45) is 0 Å². The normalized spacial score (nSPS) is 13.1. The highest BCUT2D eigenvalue weighted by atomic mass is 16.5. The number of benzene rings is 2. The second-order valence-electron chi connectivity index (χ2n) is 7.46. The zero-order valence-electron chi connectivity index (χ0n) is 17.1. The first kappa shape index (κ1) is 19.9. The van der Waals surface area contributed by atoms with E-state index < -0.39 is 0 Å². The lowest BCUT2D eigenvalue weighted by molar-refractivity contribution is -0.119. The average molecular weight is 404 g/mol. The van der Waals surface area contributed by atoms with E-state index in [-0.39, 0.29) is 18.4 Å². The molecule has 6 heteroatoms. The summed E-state index contributed by atoms with van der Waals surface area (Å²) < 4.78 is 10.9. The summed E-state index contributed by atoms with van der Waals surface area (Å²) in [5, 5.41) is 2.77. The predicted molar refractivity (Wildman–Crippen MR) is 114 cm³/mol. The third kappa shape index (κ3) is 4.28. The van der Waals surface area contributed by atoms with Gasteiger partial charge in [0, 0.05) is 49.0 Å². The van der Waals surface area contributed by atoms with Crippen LogP contribution in [0.1, 0.15) is 27.2 Å². The summed E-state index contributed by atoms with van der Waals surface area (Å²) in [6.07, 6.45) is 0.693. The second-order valence-corrected chi connectivity index (χ2v) is 7.46. The van der Waals surface area contributed by atoms with Crippen LogP contribution in [-0.4, -0.2) is 37.0 Å². The topological polar surface area (TPSA) is 71.8 Å². The highest BCUT2D eigenvalue weighted by Crippen LogP contribution is 2.30. The molecule has 1 aliphatic rings. The Morgan fingerprint density at radius 3 is 2.53 bits per heavy atom. The number of hydrogen-bond acceptors (Lipinski definition) is 4. The molecule has 0 radical (unpaired) electrons. The number of hydrogen-bond donors (Lipinski definition) is 1. The number of carbonyl (C=O) groups is 2. The van der Waals surface area contributed by atoms with E-state index in [0.717, 1.165) is 28.2 Å². The summed E-state index contributed by atoms with van der Waals surface area (Å²) in [6, 6.07) is 17.1. The largest absolute Gasteiger partial charge is 0.461 e. The molecule has 1 aromatic heterocycles. The highest BCUT2D eigenvalue weighted by Gasteiger charge is 2.25. The first-order valence-electron chi connectivity index (χ1n) is 9.90. The lowest BCUT2D eigenvalue weighted by Crippen LogP contribution is -2.35. The minimum atomic E-state index is -0.197. The van der Waals surface area contributed by atoms with Crippen LogP contribution >= 0.6 is 0 Å². The average Bonchev–Trinajstić information content (AvgIpc) is 3.18. The first-order valence-corrected chi connectivity index (χ1v) is 9.90. The molecule has 0 aliphatic carbocycles. The van der Waals surface area contributed by atoms with Crippen LogP contribution in [0.2, 0.25) is 0 Å². The molecule has 1 N–H and O–H groups in total. The molecule has 4 rings (SSSR count). The van der Waals surface area contributed by atoms with Crippen LogP contribution in [0, 0.1) is 6.92 Å². The summed E-state index contributed by atoms with van der Waals surface area (Å²) >= 11 is 0. The van der Waals surface area contributed by atoms with E-state index in [1.807, 2.05) is 66.4 Å². The zero-order chi connectivity index (χ0) is 21.1. The maximum Gasteiger partial charge on any atom is 0.254 e. The van der Waals surface area contributed by atoms with E-state index in [1.54, 1.807) is 0 Å². The van der Waals surface area contributed by atoms with Crippen molar-refractivity contribution in [1.82, 2.24) is 4.90 Å². The molecular formula is C24H24N2O4. The Kier molecular flexibility index (Phi) is 5.68. The maximum absolute atomic E-state index is 12.8. The van der Waals surface area contributed by atoms with Gasteiger partial charge in [0.15, 0.2) is 0 Å². The molecule has 30 heavy (non-hydrogen) atoms. The van der Waals surface area contributed by atoms with Crippen molar-refractivity contribution in [3.8, 4) is 11.3 Å². The molecule has 2 heterocycles. The monoisotopic (exact) mass is 404 g/mol. The Bertz CT molecular complexity index is 1050. The van der Waals surface area contributed by atoms with Crippen LogP contribution in [-0.2, 0) is 22.5 Å². The van der Waals surface area contributed by atoms with Crippen LogP contribution < -0.4 is 5.32 Å². The van der Waals surface area contributed by atoms with Gasteiger partial charge in [0.1, 0.15) is 18.1 Å². The summed E-state index contributed by atoms with van der Waals surface area (Å²) in [6.45, 7) is 3.20. The molecular weight excluding hydrogens is 380 g/mol. The van der Waals surface area contributed by atoms with Gasteiger partial charge < -0.3 is 19.4 Å². The van der Waals surface area contributed by atoms with Gasteiger partial charge in [-0.05, 0) is 49.4 Å². The van der Waals surface area contributed by atoms with Crippen LogP contribution in [0.3, 0.4) is 0 Å². The Balaban J connectivity index is 1.46. The molecule has 0 fully saturated rings. The number of nitrogens with one attached hydrogen (secondary N) is 1. The van der Waals surface area contributed by atoms with E-state index in [1.165, 1.54) is 7.11 Å². The second kappa shape index (κ2) is 8.55. The maximum atomic E-state index is 12.8. The van der Waals surface area contributed by atoms with Gasteiger partial charge in [0.05, 0.1) is 0 Å². The number of fused-ring (bicyclic) bond motifs is 1. The Morgan fingerprint density at radius 1 is 1.10 bits per heavy atom. The molecule has 0 unspecified atom stereocenters. The predicted octanol–water partition coefficient (Wildman–Crippen LogP) is 4.04. The van der Waals surface area contributed by atoms with Gasteiger partial charge in [-0.3, -0.25) is 9.59 Å². The molecule has 1 aliphatic heterocycles. The lowest BCUT2D eigenvalue weighted by Gasteiger charge is -2.26. The number of aryl methyl sites for hydroxylation is 1. The molecule has 0 bridgehead atoms. The van der Waals surface area contributed by atoms with E-state index in [9.17, 15) is 9.59 Å². The Labute approximate surface area is 175 Å². The molecule has 0 atom stereocenters. The number of amides is 2. The van der Waals surface area contributed by atoms with Crippen LogP contribution in [0.25, 0.3) is 11.3 Å². The van der Waals surface area contributed by atoms with Gasteiger partial charge in [0.2, 0.25) is 5.91 Å². The fraction of sp³-hybridized carbons (Fsp3) is 0.250. The molecule has 2 aromatic carbocycles. The summed E-state index contributed by atoms with van der Waals surface area (Å²) in [4.78, 5) is 26.3. The molecule has 3 aromatic rings. The summed E-state index contributed by atoms with van der Waals surface area (Å²) in [5.41, 5.74) is 4.50. The van der Waals surface area contributed by atoms with E-state index in [2.05, 4.69) is 5.32 Å². The van der Waals surface area contributed by atoms with E-state index in [4.69, 9.17) is 9.15 Å². The summed E-state index contributed by atoms with van der Waals surface area (Å²) in [7, 11) is 1.48. The lowest BCUT2D eigenvalue weighted by atomic mass is 10.1. The van der Waals surface area contributed by atoms with Crippen molar-refractivity contribution in [1.29, 1.82) is 0 Å². The minimum absolute atomic E-state index is 0.0183. The van der Waals surface area contributed by atoms with Gasteiger partial charge >= 0.3 is 0 Å². The van der Waals surface area contributed by atoms with Gasteiger partial charge in [0.25, 0.3) is 5.91 Å². The van der Waals surface area contributed by atoms with Gasteiger partial charge in [-0.2, -0.15) is 0 Å². The number of furan rings is 1. The molecule has 154 valence electrons. The highest BCUT2D eigenvalue weighted by molar-refractivity contribution is 5.94. The van der Waals surface area contributed by atoms with Gasteiger partial charge in [-0.1, -0.05) is 17.7 Å². The number of ether oxygens (including phenoxy) is 1. The molecule has 2 amide bonds. The number of methoxy groups -OCH3 is 1. The van der Waals surface area contributed by atoms with E-state index >= 15 is 0 Å². The van der Waals surface area contributed by atoms with Gasteiger partial charge in [-0.25, -0.2) is 0 Å². The molecule has 0 spiro atoms. The molecule has 0 saturated heterocycles. The fourth-order valence-electron chi connectivity index (χ4n) is 3.57. The number of rotatable bonds is 5. The quantitative estimate of drug-likeness (QED) is 0.697.